The molecule has 1 aromatic rings. The normalized spacial score (nSPS) is 27.0. The van der Waals surface area contributed by atoms with Gasteiger partial charge in [0.05, 0.1) is 13.7 Å². The van der Waals surface area contributed by atoms with Crippen molar-refractivity contribution < 1.29 is 19.3 Å². The molecule has 1 heterocycles. The van der Waals surface area contributed by atoms with Crippen LogP contribution in [0, 0.1) is 0 Å². The maximum absolute atomic E-state index is 11.2. The third kappa shape index (κ3) is 3.10. The van der Waals surface area contributed by atoms with E-state index in [0.29, 0.717) is 18.9 Å². The highest BCUT2D eigenvalue weighted by Gasteiger charge is 2.47. The van der Waals surface area contributed by atoms with Crippen LogP contribution >= 0.6 is 0 Å². The van der Waals surface area contributed by atoms with Crippen molar-refractivity contribution in [2.75, 3.05) is 13.7 Å². The maximum Gasteiger partial charge on any atom is 0.163 e. The number of hydrogen-bond donors (Lipinski definition) is 1. The molecule has 24 heavy (non-hydrogen) atoms. The first-order valence-corrected chi connectivity index (χ1v) is 8.62. The molecule has 1 fully saturated rings. The van der Waals surface area contributed by atoms with E-state index in [1.807, 2.05) is 26.8 Å². The highest BCUT2D eigenvalue weighted by Crippen LogP contribution is 2.43. The molecule has 1 aliphatic carbocycles. The second-order valence-electron chi connectivity index (χ2n) is 7.53. The van der Waals surface area contributed by atoms with Crippen LogP contribution in [0.5, 0.6) is 5.75 Å². The van der Waals surface area contributed by atoms with Gasteiger partial charge in [0.1, 0.15) is 17.5 Å². The third-order valence-corrected chi connectivity index (χ3v) is 5.41. The van der Waals surface area contributed by atoms with Crippen molar-refractivity contribution in [1.82, 2.24) is 0 Å². The molecule has 4 nitrogen and oxygen atoms in total. The van der Waals surface area contributed by atoms with Gasteiger partial charge in [-0.1, -0.05) is 12.6 Å². The first-order valence-electron chi connectivity index (χ1n) is 8.62. The third-order valence-electron chi connectivity index (χ3n) is 5.41. The second-order valence-corrected chi connectivity index (χ2v) is 7.53. The van der Waals surface area contributed by atoms with Gasteiger partial charge in [-0.25, -0.2) is 0 Å². The Hall–Kier alpha value is -1.36. The minimum atomic E-state index is -1.05. The van der Waals surface area contributed by atoms with Gasteiger partial charge in [0.2, 0.25) is 0 Å². The summed E-state index contributed by atoms with van der Waals surface area (Å²) in [5.74, 6) is 0.741. The summed E-state index contributed by atoms with van der Waals surface area (Å²) in [5, 5.41) is 11.2. The molecule has 3 atom stereocenters. The molecule has 2 aliphatic rings. The summed E-state index contributed by atoms with van der Waals surface area (Å²) in [4.78, 5) is 0. The van der Waals surface area contributed by atoms with Crippen molar-refractivity contribution in [2.45, 2.75) is 63.4 Å². The van der Waals surface area contributed by atoms with Crippen LogP contribution < -0.4 is 4.74 Å². The van der Waals surface area contributed by atoms with Gasteiger partial charge >= 0.3 is 0 Å². The standard InChI is InChI=1S/C20H28O4/c1-13(2)20(21,18-12-23-19(3,4)24-18)9-8-14-10-15-11-16(22-5)6-7-17(14)15/h6-7,11,14,18,21H,1,8-10,12H2,2-5H3/t14?,18-,20-/m1/s1. The van der Waals surface area contributed by atoms with Gasteiger partial charge in [0, 0.05) is 0 Å². The topological polar surface area (TPSA) is 47.9 Å². The van der Waals surface area contributed by atoms with Crippen LogP contribution in [0.3, 0.4) is 0 Å². The number of aliphatic hydroxyl groups is 1. The Balaban J connectivity index is 1.66. The molecule has 0 amide bonds. The lowest BCUT2D eigenvalue weighted by molar-refractivity contribution is -0.164. The molecule has 1 N–H and O–H groups in total. The number of rotatable bonds is 6. The highest BCUT2D eigenvalue weighted by atomic mass is 16.7. The number of ether oxygens (including phenoxy) is 3. The summed E-state index contributed by atoms with van der Waals surface area (Å²) in [5.41, 5.74) is 2.40. The van der Waals surface area contributed by atoms with Gasteiger partial charge in [-0.3, -0.25) is 0 Å². The fourth-order valence-electron chi connectivity index (χ4n) is 3.75. The van der Waals surface area contributed by atoms with Gasteiger partial charge < -0.3 is 19.3 Å². The lowest BCUT2D eigenvalue weighted by Crippen LogP contribution is -2.46. The van der Waals surface area contributed by atoms with E-state index in [1.165, 1.54) is 11.1 Å². The number of fused-ring (bicyclic) bond motifs is 1. The zero-order chi connectivity index (χ0) is 17.5. The molecule has 0 radical (unpaired) electrons. The molecule has 132 valence electrons. The van der Waals surface area contributed by atoms with Gasteiger partial charge in [-0.15, -0.1) is 0 Å². The second kappa shape index (κ2) is 6.17. The summed E-state index contributed by atoms with van der Waals surface area (Å²) >= 11 is 0. The van der Waals surface area contributed by atoms with Crippen LogP contribution in [0.15, 0.2) is 30.4 Å². The van der Waals surface area contributed by atoms with Crippen LogP contribution in [-0.4, -0.2) is 36.3 Å². The molecule has 0 bridgehead atoms. The molecule has 1 aliphatic heterocycles. The maximum atomic E-state index is 11.2. The Kier molecular flexibility index (Phi) is 4.49. The molecular weight excluding hydrogens is 304 g/mol. The van der Waals surface area contributed by atoms with E-state index in [2.05, 4.69) is 18.7 Å². The summed E-state index contributed by atoms with van der Waals surface area (Å²) < 4.78 is 16.8. The van der Waals surface area contributed by atoms with E-state index < -0.39 is 11.4 Å². The zero-order valence-corrected chi connectivity index (χ0v) is 15.1. The van der Waals surface area contributed by atoms with Crippen molar-refractivity contribution >= 4 is 0 Å². The van der Waals surface area contributed by atoms with E-state index in [0.717, 1.165) is 24.2 Å². The summed E-state index contributed by atoms with van der Waals surface area (Å²) in [6.07, 6.45) is 2.21. The quantitative estimate of drug-likeness (QED) is 0.809. The molecule has 1 saturated heterocycles. The summed E-state index contributed by atoms with van der Waals surface area (Å²) in [6, 6.07) is 6.25. The molecule has 3 rings (SSSR count). The van der Waals surface area contributed by atoms with E-state index in [-0.39, 0.29) is 6.10 Å². The van der Waals surface area contributed by atoms with Crippen molar-refractivity contribution in [1.29, 1.82) is 0 Å². The molecule has 0 saturated carbocycles. The zero-order valence-electron chi connectivity index (χ0n) is 15.1. The van der Waals surface area contributed by atoms with Crippen LogP contribution in [0.1, 0.15) is 50.7 Å². The number of hydrogen-bond acceptors (Lipinski definition) is 4. The van der Waals surface area contributed by atoms with Crippen LogP contribution in [-0.2, 0) is 15.9 Å². The van der Waals surface area contributed by atoms with Gasteiger partial charge in [0.25, 0.3) is 0 Å². The fraction of sp³-hybridized carbons (Fsp3) is 0.600. The largest absolute Gasteiger partial charge is 0.497 e. The Bertz CT molecular complexity index is 637. The summed E-state index contributed by atoms with van der Waals surface area (Å²) in [6.45, 7) is 10.0. The number of benzene rings is 1. The lowest BCUT2D eigenvalue weighted by Gasteiger charge is -2.37. The van der Waals surface area contributed by atoms with Crippen molar-refractivity contribution in [3.05, 3.63) is 41.5 Å². The van der Waals surface area contributed by atoms with Crippen LogP contribution in [0.4, 0.5) is 0 Å². The van der Waals surface area contributed by atoms with E-state index >= 15 is 0 Å². The Labute approximate surface area is 144 Å². The smallest absolute Gasteiger partial charge is 0.163 e. The molecule has 0 aromatic heterocycles. The van der Waals surface area contributed by atoms with Crippen molar-refractivity contribution in [3.63, 3.8) is 0 Å². The predicted octanol–water partition coefficient (Wildman–Crippen LogP) is 3.57. The van der Waals surface area contributed by atoms with Crippen LogP contribution in [0.2, 0.25) is 0 Å². The van der Waals surface area contributed by atoms with Crippen molar-refractivity contribution in [2.24, 2.45) is 0 Å². The molecule has 0 spiro atoms. The highest BCUT2D eigenvalue weighted by molar-refractivity contribution is 5.45. The molecular formula is C20H28O4. The van der Waals surface area contributed by atoms with E-state index in [1.54, 1.807) is 7.11 Å². The first-order chi connectivity index (χ1) is 11.2. The van der Waals surface area contributed by atoms with Crippen molar-refractivity contribution in [3.8, 4) is 5.75 Å². The minimum Gasteiger partial charge on any atom is -0.497 e. The molecule has 1 unspecified atom stereocenters. The predicted molar refractivity (Wildman–Crippen MR) is 93.3 cm³/mol. The van der Waals surface area contributed by atoms with E-state index in [9.17, 15) is 5.11 Å². The van der Waals surface area contributed by atoms with E-state index in [4.69, 9.17) is 14.2 Å². The average molecular weight is 332 g/mol. The lowest BCUT2D eigenvalue weighted by atomic mass is 9.72. The minimum absolute atomic E-state index is 0.361. The van der Waals surface area contributed by atoms with Gasteiger partial charge in [-0.05, 0) is 74.8 Å². The molecule has 4 heteroatoms. The van der Waals surface area contributed by atoms with Gasteiger partial charge in [0.15, 0.2) is 5.79 Å². The number of methoxy groups -OCH3 is 1. The van der Waals surface area contributed by atoms with Crippen LogP contribution in [0.25, 0.3) is 0 Å². The summed E-state index contributed by atoms with van der Waals surface area (Å²) in [7, 11) is 1.69. The Morgan fingerprint density at radius 3 is 2.75 bits per heavy atom. The first kappa shape index (κ1) is 17.5. The Morgan fingerprint density at radius 2 is 2.21 bits per heavy atom. The average Bonchev–Trinajstić information content (AvgIpc) is 2.88. The Morgan fingerprint density at radius 1 is 1.46 bits per heavy atom. The fourth-order valence-corrected chi connectivity index (χ4v) is 3.75. The SMILES string of the molecule is C=C(C)[C@](O)(CCC1Cc2cc(OC)ccc21)[C@H]1COC(C)(C)O1. The van der Waals surface area contributed by atoms with Gasteiger partial charge in [-0.2, -0.15) is 0 Å². The monoisotopic (exact) mass is 332 g/mol. The molecule has 1 aromatic carbocycles.